The number of hydrogen-bond donors (Lipinski definition) is 2. The molecular weight excluding hydrogens is 555 g/mol. The second-order valence-corrected chi connectivity index (χ2v) is 11.5. The van der Waals surface area contributed by atoms with Gasteiger partial charge in [0.2, 0.25) is 11.8 Å². The van der Waals surface area contributed by atoms with Crippen LogP contribution >= 0.6 is 11.3 Å². The van der Waals surface area contributed by atoms with Crippen LogP contribution in [0.5, 0.6) is 11.5 Å². The van der Waals surface area contributed by atoms with Gasteiger partial charge in [-0.15, -0.1) is 11.3 Å². The van der Waals surface area contributed by atoms with Crippen LogP contribution in [0.25, 0.3) is 10.2 Å². The first-order valence-electron chi connectivity index (χ1n) is 14.1. The van der Waals surface area contributed by atoms with Crippen LogP contribution in [-0.2, 0) is 9.59 Å². The van der Waals surface area contributed by atoms with Crippen molar-refractivity contribution in [2.24, 2.45) is 5.92 Å². The van der Waals surface area contributed by atoms with Gasteiger partial charge in [-0.3, -0.25) is 9.59 Å². The number of hydrogen-bond acceptors (Lipinski definition) is 8. The SMILES string of the molecule is C=CC(=O)N1CCC(c2csc3ncnc(Nc4ccc(Oc5ccnc(NC(=O)C6CCCC6)c5)cc4F)c23)CC1. The number of benzene rings is 1. The van der Waals surface area contributed by atoms with Crippen LogP contribution in [0.2, 0.25) is 0 Å². The molecule has 2 aliphatic rings. The summed E-state index contributed by atoms with van der Waals surface area (Å²) in [7, 11) is 0. The quantitative estimate of drug-likeness (QED) is 0.219. The third-order valence-corrected chi connectivity index (χ3v) is 8.86. The van der Waals surface area contributed by atoms with Gasteiger partial charge in [-0.05, 0) is 66.8 Å². The Hall–Kier alpha value is -4.38. The fourth-order valence-electron chi connectivity index (χ4n) is 5.72. The van der Waals surface area contributed by atoms with E-state index in [2.05, 4.69) is 37.5 Å². The number of ether oxygens (including phenoxy) is 1. The Morgan fingerprint density at radius 1 is 1.05 bits per heavy atom. The Labute approximate surface area is 246 Å². The Morgan fingerprint density at radius 3 is 2.60 bits per heavy atom. The lowest BCUT2D eigenvalue weighted by molar-refractivity contribution is -0.127. The average Bonchev–Trinajstić information content (AvgIpc) is 3.70. The van der Waals surface area contributed by atoms with Crippen LogP contribution in [0.1, 0.15) is 50.0 Å². The first-order valence-corrected chi connectivity index (χ1v) is 15.0. The highest BCUT2D eigenvalue weighted by Crippen LogP contribution is 2.40. The van der Waals surface area contributed by atoms with E-state index >= 15 is 4.39 Å². The molecule has 4 aromatic rings. The number of aromatic nitrogens is 3. The minimum absolute atomic E-state index is 0.0211. The number of carbonyl (C=O) groups is 2. The molecule has 216 valence electrons. The average molecular weight is 587 g/mol. The lowest BCUT2D eigenvalue weighted by Gasteiger charge is -2.31. The molecule has 2 amide bonds. The maximum Gasteiger partial charge on any atom is 0.245 e. The van der Waals surface area contributed by atoms with Gasteiger partial charge in [0.05, 0.1) is 11.1 Å². The third kappa shape index (κ3) is 5.96. The second kappa shape index (κ2) is 12.2. The van der Waals surface area contributed by atoms with Gasteiger partial charge in [0, 0.05) is 37.3 Å². The monoisotopic (exact) mass is 586 g/mol. The number of carbonyl (C=O) groups excluding carboxylic acids is 2. The van der Waals surface area contributed by atoms with Gasteiger partial charge < -0.3 is 20.3 Å². The lowest BCUT2D eigenvalue weighted by Crippen LogP contribution is -2.36. The summed E-state index contributed by atoms with van der Waals surface area (Å²) in [4.78, 5) is 40.2. The van der Waals surface area contributed by atoms with Gasteiger partial charge in [0.25, 0.3) is 0 Å². The van der Waals surface area contributed by atoms with Crippen LogP contribution in [0.3, 0.4) is 0 Å². The lowest BCUT2D eigenvalue weighted by atomic mass is 9.89. The van der Waals surface area contributed by atoms with Crippen molar-refractivity contribution in [1.29, 1.82) is 0 Å². The number of fused-ring (bicyclic) bond motifs is 1. The van der Waals surface area contributed by atoms with E-state index in [0.29, 0.717) is 36.2 Å². The molecule has 1 aromatic carbocycles. The molecular formula is C31H31FN6O3S. The van der Waals surface area contributed by atoms with E-state index < -0.39 is 5.82 Å². The molecule has 3 aromatic heterocycles. The van der Waals surface area contributed by atoms with E-state index in [9.17, 15) is 9.59 Å². The Kier molecular flexibility index (Phi) is 8.09. The van der Waals surface area contributed by atoms with Gasteiger partial charge in [0.15, 0.2) is 0 Å². The molecule has 1 saturated carbocycles. The van der Waals surface area contributed by atoms with Crippen LogP contribution in [0.4, 0.5) is 21.7 Å². The van der Waals surface area contributed by atoms with Crippen LogP contribution < -0.4 is 15.4 Å². The summed E-state index contributed by atoms with van der Waals surface area (Å²) in [6.45, 7) is 4.90. The minimum atomic E-state index is -0.504. The zero-order chi connectivity index (χ0) is 29.1. The number of anilines is 3. The van der Waals surface area contributed by atoms with Crippen molar-refractivity contribution < 1.29 is 18.7 Å². The summed E-state index contributed by atoms with van der Waals surface area (Å²) < 4.78 is 21.2. The van der Waals surface area contributed by atoms with E-state index in [1.165, 1.54) is 29.8 Å². The van der Waals surface area contributed by atoms with Crippen molar-refractivity contribution in [3.63, 3.8) is 0 Å². The molecule has 9 nitrogen and oxygen atoms in total. The minimum Gasteiger partial charge on any atom is -0.457 e. The summed E-state index contributed by atoms with van der Waals surface area (Å²) in [6.07, 6.45) is 9.95. The Bertz CT molecular complexity index is 1630. The van der Waals surface area contributed by atoms with Crippen LogP contribution in [0, 0.1) is 11.7 Å². The number of rotatable bonds is 8. The number of piperidine rings is 1. The summed E-state index contributed by atoms with van der Waals surface area (Å²) >= 11 is 1.53. The standard InChI is InChI=1S/C31H31FN6O3S/c1-2-27(39)38-13-10-19(11-14-38)23-17-42-31-28(23)29(34-18-35-31)36-25-8-7-21(15-24(25)32)41-22-9-12-33-26(16-22)37-30(40)20-5-3-4-6-20/h2,7-9,12,15-20H,1,3-6,10-11,13-14H2,(H,33,37,40)(H,34,35,36). The van der Waals surface area contributed by atoms with Crippen molar-refractivity contribution >= 4 is 50.7 Å². The number of nitrogens with zero attached hydrogens (tertiary/aromatic N) is 4. The molecule has 0 radical (unpaired) electrons. The zero-order valence-corrected chi connectivity index (χ0v) is 23.8. The van der Waals surface area contributed by atoms with Crippen molar-refractivity contribution in [2.45, 2.75) is 44.4 Å². The van der Waals surface area contributed by atoms with E-state index in [0.717, 1.165) is 54.3 Å². The van der Waals surface area contributed by atoms with Gasteiger partial charge in [-0.1, -0.05) is 19.4 Å². The Balaban J connectivity index is 1.16. The fraction of sp³-hybridized carbons (Fsp3) is 0.323. The molecule has 11 heteroatoms. The molecule has 1 saturated heterocycles. The molecule has 0 unspecified atom stereocenters. The number of pyridine rings is 1. The van der Waals surface area contributed by atoms with Crippen molar-refractivity contribution in [3.8, 4) is 11.5 Å². The van der Waals surface area contributed by atoms with Gasteiger partial charge >= 0.3 is 0 Å². The molecule has 4 heterocycles. The molecule has 2 N–H and O–H groups in total. The van der Waals surface area contributed by atoms with Crippen LogP contribution in [-0.4, -0.2) is 44.8 Å². The molecule has 0 spiro atoms. The number of amides is 2. The van der Waals surface area contributed by atoms with Crippen molar-refractivity contribution in [2.75, 3.05) is 23.7 Å². The number of likely N-dealkylation sites (tertiary alicyclic amines) is 1. The molecule has 2 fully saturated rings. The maximum absolute atomic E-state index is 15.3. The second-order valence-electron chi connectivity index (χ2n) is 10.6. The van der Waals surface area contributed by atoms with Crippen molar-refractivity contribution in [3.05, 3.63) is 72.3 Å². The van der Waals surface area contributed by atoms with E-state index in [1.54, 1.807) is 30.5 Å². The normalized spacial score (nSPS) is 16.0. The molecule has 6 rings (SSSR count). The molecule has 42 heavy (non-hydrogen) atoms. The maximum atomic E-state index is 15.3. The Morgan fingerprint density at radius 2 is 1.83 bits per heavy atom. The number of halogens is 1. The summed E-state index contributed by atoms with van der Waals surface area (Å²) in [5.41, 5.74) is 1.36. The van der Waals surface area contributed by atoms with E-state index in [1.807, 2.05) is 4.90 Å². The highest BCUT2D eigenvalue weighted by atomic mass is 32.1. The largest absolute Gasteiger partial charge is 0.457 e. The highest BCUT2D eigenvalue weighted by Gasteiger charge is 2.26. The fourth-order valence-corrected chi connectivity index (χ4v) is 6.71. The zero-order valence-electron chi connectivity index (χ0n) is 23.0. The van der Waals surface area contributed by atoms with Gasteiger partial charge in [0.1, 0.15) is 40.1 Å². The van der Waals surface area contributed by atoms with E-state index in [-0.39, 0.29) is 29.3 Å². The first kappa shape index (κ1) is 27.8. The number of nitrogens with one attached hydrogen (secondary N) is 2. The molecule has 1 aliphatic heterocycles. The summed E-state index contributed by atoms with van der Waals surface area (Å²) in [6, 6.07) is 7.86. The van der Waals surface area contributed by atoms with Gasteiger partial charge in [-0.2, -0.15) is 0 Å². The molecule has 0 atom stereocenters. The van der Waals surface area contributed by atoms with E-state index in [4.69, 9.17) is 4.74 Å². The van der Waals surface area contributed by atoms with Crippen molar-refractivity contribution in [1.82, 2.24) is 19.9 Å². The van der Waals surface area contributed by atoms with Gasteiger partial charge in [-0.25, -0.2) is 19.3 Å². The molecule has 0 bridgehead atoms. The summed E-state index contributed by atoms with van der Waals surface area (Å²) in [5, 5.41) is 8.98. The predicted molar refractivity (Wildman–Crippen MR) is 161 cm³/mol. The highest BCUT2D eigenvalue weighted by molar-refractivity contribution is 7.17. The molecule has 1 aliphatic carbocycles. The summed E-state index contributed by atoms with van der Waals surface area (Å²) in [5.74, 6) is 1.37. The third-order valence-electron chi connectivity index (χ3n) is 7.96. The number of thiophene rings is 1. The van der Waals surface area contributed by atoms with Crippen LogP contribution in [0.15, 0.2) is 60.9 Å². The first-order chi connectivity index (χ1) is 20.5. The smallest absolute Gasteiger partial charge is 0.245 e. The predicted octanol–water partition coefficient (Wildman–Crippen LogP) is 6.78. The topological polar surface area (TPSA) is 109 Å².